The number of halogens is 4. The molecule has 6 nitrogen and oxygen atoms in total. The summed E-state index contributed by atoms with van der Waals surface area (Å²) in [5.41, 5.74) is 0.0167. The van der Waals surface area contributed by atoms with Crippen LogP contribution in [0.1, 0.15) is 20.8 Å². The second-order valence-electron chi connectivity index (χ2n) is 7.57. The van der Waals surface area contributed by atoms with Gasteiger partial charge in [-0.1, -0.05) is 0 Å². The molecule has 1 atom stereocenters. The summed E-state index contributed by atoms with van der Waals surface area (Å²) < 4.78 is 44.1. The predicted octanol–water partition coefficient (Wildman–Crippen LogP) is 1.86. The van der Waals surface area contributed by atoms with Crippen molar-refractivity contribution in [1.82, 2.24) is 20.0 Å². The van der Waals surface area contributed by atoms with Crippen LogP contribution < -0.4 is 5.32 Å². The van der Waals surface area contributed by atoms with Crippen molar-refractivity contribution in [2.75, 3.05) is 66.1 Å². The lowest BCUT2D eigenvalue weighted by Crippen LogP contribution is -2.58. The first-order valence-electron chi connectivity index (χ1n) is 9.24. The average Bonchev–Trinajstić information content (AvgIpc) is 2.58. The Balaban J connectivity index is 0.00000364. The lowest BCUT2D eigenvalue weighted by atomic mass is 10.0. The fourth-order valence-corrected chi connectivity index (χ4v) is 3.47. The van der Waals surface area contributed by atoms with E-state index >= 15 is 0 Å². The van der Waals surface area contributed by atoms with Gasteiger partial charge in [0.25, 0.3) is 0 Å². The summed E-state index contributed by atoms with van der Waals surface area (Å²) in [7, 11) is 1.71. The molecule has 2 aliphatic heterocycles. The van der Waals surface area contributed by atoms with Crippen molar-refractivity contribution in [3.8, 4) is 0 Å². The highest BCUT2D eigenvalue weighted by molar-refractivity contribution is 14.0. The van der Waals surface area contributed by atoms with Crippen LogP contribution in [0.3, 0.4) is 0 Å². The highest BCUT2D eigenvalue weighted by atomic mass is 127. The molecule has 0 saturated carbocycles. The number of hydrogen-bond donors (Lipinski definition) is 1. The molecule has 160 valence electrons. The minimum Gasteiger partial charge on any atom is -0.378 e. The second-order valence-corrected chi connectivity index (χ2v) is 7.57. The van der Waals surface area contributed by atoms with Gasteiger partial charge in [0, 0.05) is 58.4 Å². The summed E-state index contributed by atoms with van der Waals surface area (Å²) in [4.78, 5) is 10.2. The van der Waals surface area contributed by atoms with Gasteiger partial charge in [0.15, 0.2) is 5.96 Å². The van der Waals surface area contributed by atoms with Crippen molar-refractivity contribution in [2.45, 2.75) is 38.5 Å². The average molecular weight is 507 g/mol. The number of piperazine rings is 1. The first-order chi connectivity index (χ1) is 12.1. The van der Waals surface area contributed by atoms with Gasteiger partial charge in [0.05, 0.1) is 13.2 Å². The normalized spacial score (nSPS) is 23.7. The molecule has 0 aromatic heterocycles. The molecule has 0 spiro atoms. The molecule has 0 aromatic carbocycles. The Morgan fingerprint density at radius 1 is 1.19 bits per heavy atom. The molecule has 1 unspecified atom stereocenters. The lowest BCUT2D eigenvalue weighted by molar-refractivity contribution is -0.181. The van der Waals surface area contributed by atoms with Crippen molar-refractivity contribution >= 4 is 29.9 Å². The number of rotatable bonds is 4. The van der Waals surface area contributed by atoms with E-state index in [0.29, 0.717) is 26.2 Å². The Kier molecular flexibility index (Phi) is 9.56. The molecule has 0 aliphatic carbocycles. The van der Waals surface area contributed by atoms with Crippen LogP contribution in [-0.2, 0) is 4.74 Å². The summed E-state index contributed by atoms with van der Waals surface area (Å²) in [5.74, 6) is 0.760. The standard InChI is InChI=1S/C17H32F3N5O.HI/c1-14(17(18,19)20)23-7-9-24(10-8-23)15(21-4)22-5-6-25-11-12-26-13-16(25,2)3;/h14H,5-13H2,1-4H3,(H,21,22);1H. The van der Waals surface area contributed by atoms with Gasteiger partial charge in [-0.05, 0) is 20.8 Å². The van der Waals surface area contributed by atoms with Gasteiger partial charge in [-0.25, -0.2) is 0 Å². The fourth-order valence-electron chi connectivity index (χ4n) is 3.47. The first kappa shape index (κ1) is 24.7. The molecular weight excluding hydrogens is 474 g/mol. The Labute approximate surface area is 177 Å². The second kappa shape index (κ2) is 10.4. The molecule has 2 fully saturated rings. The molecule has 2 heterocycles. The van der Waals surface area contributed by atoms with E-state index < -0.39 is 12.2 Å². The van der Waals surface area contributed by atoms with E-state index in [4.69, 9.17) is 4.74 Å². The monoisotopic (exact) mass is 507 g/mol. The summed E-state index contributed by atoms with van der Waals surface area (Å²) >= 11 is 0. The van der Waals surface area contributed by atoms with Gasteiger partial charge in [0.2, 0.25) is 0 Å². The zero-order valence-electron chi connectivity index (χ0n) is 16.7. The number of hydrogen-bond acceptors (Lipinski definition) is 4. The van der Waals surface area contributed by atoms with E-state index in [1.807, 2.05) is 4.90 Å². The maximum absolute atomic E-state index is 12.9. The van der Waals surface area contributed by atoms with Gasteiger partial charge < -0.3 is 15.0 Å². The van der Waals surface area contributed by atoms with Crippen LogP contribution in [0.25, 0.3) is 0 Å². The molecule has 2 saturated heterocycles. The van der Waals surface area contributed by atoms with Crippen molar-refractivity contribution in [2.24, 2.45) is 4.99 Å². The summed E-state index contributed by atoms with van der Waals surface area (Å²) in [6.45, 7) is 11.4. The highest BCUT2D eigenvalue weighted by Crippen LogP contribution is 2.25. The first-order valence-corrected chi connectivity index (χ1v) is 9.24. The minimum atomic E-state index is -4.17. The molecular formula is C17H33F3IN5O. The van der Waals surface area contributed by atoms with Crippen LogP contribution in [-0.4, -0.2) is 104 Å². The number of nitrogens with one attached hydrogen (secondary N) is 1. The lowest BCUT2D eigenvalue weighted by Gasteiger charge is -2.42. The molecule has 1 N–H and O–H groups in total. The third-order valence-corrected chi connectivity index (χ3v) is 5.33. The van der Waals surface area contributed by atoms with Crippen molar-refractivity contribution < 1.29 is 17.9 Å². The Hall–Kier alpha value is -0.330. The van der Waals surface area contributed by atoms with E-state index in [2.05, 4.69) is 29.1 Å². The topological polar surface area (TPSA) is 43.3 Å². The van der Waals surface area contributed by atoms with E-state index in [1.165, 1.54) is 11.8 Å². The van der Waals surface area contributed by atoms with Crippen molar-refractivity contribution in [1.29, 1.82) is 0 Å². The maximum Gasteiger partial charge on any atom is 0.403 e. The van der Waals surface area contributed by atoms with Crippen LogP contribution in [0.4, 0.5) is 13.2 Å². The SMILES string of the molecule is CN=C(NCCN1CCOCC1(C)C)N1CCN(C(C)C(F)(F)F)CC1.I. The van der Waals surface area contributed by atoms with Crippen LogP contribution in [0, 0.1) is 0 Å². The Morgan fingerprint density at radius 2 is 1.81 bits per heavy atom. The minimum absolute atomic E-state index is 0. The Bertz CT molecular complexity index is 482. The zero-order valence-corrected chi connectivity index (χ0v) is 19.0. The Morgan fingerprint density at radius 3 is 2.33 bits per heavy atom. The molecule has 27 heavy (non-hydrogen) atoms. The van der Waals surface area contributed by atoms with E-state index in [-0.39, 0.29) is 29.5 Å². The maximum atomic E-state index is 12.9. The van der Waals surface area contributed by atoms with Crippen LogP contribution >= 0.6 is 24.0 Å². The molecule has 10 heteroatoms. The van der Waals surface area contributed by atoms with E-state index in [0.717, 1.165) is 38.8 Å². The van der Waals surface area contributed by atoms with Crippen LogP contribution in [0.5, 0.6) is 0 Å². The van der Waals surface area contributed by atoms with Gasteiger partial charge in [-0.2, -0.15) is 13.2 Å². The zero-order chi connectivity index (χ0) is 19.4. The number of aliphatic imine (C=N–C) groups is 1. The molecule has 0 radical (unpaired) electrons. The quantitative estimate of drug-likeness (QED) is 0.358. The third-order valence-electron chi connectivity index (χ3n) is 5.33. The third kappa shape index (κ3) is 6.90. The number of morpholine rings is 1. The van der Waals surface area contributed by atoms with Gasteiger partial charge in [-0.15, -0.1) is 24.0 Å². The fraction of sp³-hybridized carbons (Fsp3) is 0.941. The number of guanidine groups is 1. The molecule has 2 rings (SSSR count). The molecule has 0 bridgehead atoms. The highest BCUT2D eigenvalue weighted by Gasteiger charge is 2.41. The predicted molar refractivity (Wildman–Crippen MR) is 112 cm³/mol. The van der Waals surface area contributed by atoms with Gasteiger partial charge in [0.1, 0.15) is 6.04 Å². The van der Waals surface area contributed by atoms with Crippen LogP contribution in [0.2, 0.25) is 0 Å². The summed E-state index contributed by atoms with van der Waals surface area (Å²) in [5, 5.41) is 3.35. The van der Waals surface area contributed by atoms with Crippen LogP contribution in [0.15, 0.2) is 4.99 Å². The number of ether oxygens (including phenoxy) is 1. The molecule has 0 amide bonds. The van der Waals surface area contributed by atoms with Gasteiger partial charge >= 0.3 is 6.18 Å². The van der Waals surface area contributed by atoms with Crippen molar-refractivity contribution in [3.63, 3.8) is 0 Å². The number of alkyl halides is 3. The largest absolute Gasteiger partial charge is 0.403 e. The summed E-state index contributed by atoms with van der Waals surface area (Å²) in [6, 6.07) is -1.40. The summed E-state index contributed by atoms with van der Waals surface area (Å²) in [6.07, 6.45) is -4.17. The number of nitrogens with zero attached hydrogens (tertiary/aromatic N) is 4. The van der Waals surface area contributed by atoms with Crippen molar-refractivity contribution in [3.05, 3.63) is 0 Å². The van der Waals surface area contributed by atoms with Gasteiger partial charge in [-0.3, -0.25) is 14.8 Å². The molecule has 0 aromatic rings. The van der Waals surface area contributed by atoms with E-state index in [9.17, 15) is 13.2 Å². The molecule has 2 aliphatic rings. The van der Waals surface area contributed by atoms with E-state index in [1.54, 1.807) is 7.05 Å². The smallest absolute Gasteiger partial charge is 0.378 e.